The lowest BCUT2D eigenvalue weighted by Gasteiger charge is -2.08. The Morgan fingerprint density at radius 2 is 2.00 bits per heavy atom. The zero-order valence-electron chi connectivity index (χ0n) is 6.68. The predicted molar refractivity (Wildman–Crippen MR) is 39.4 cm³/mol. The lowest BCUT2D eigenvalue weighted by molar-refractivity contribution is 0.0546. The fourth-order valence-electron chi connectivity index (χ4n) is 0.494. The van der Waals surface area contributed by atoms with E-state index in [0.29, 0.717) is 0 Å². The van der Waals surface area contributed by atoms with Crippen molar-refractivity contribution in [3.8, 4) is 0 Å². The van der Waals surface area contributed by atoms with E-state index in [0.717, 1.165) is 13.3 Å². The summed E-state index contributed by atoms with van der Waals surface area (Å²) >= 11 is 0. The van der Waals surface area contributed by atoms with Gasteiger partial charge in [-0.15, -0.1) is 0 Å². The van der Waals surface area contributed by atoms with E-state index in [4.69, 9.17) is 4.74 Å². The molecule has 0 aromatic heterocycles. The molecule has 0 fully saturated rings. The number of nitrogens with zero attached hydrogens (tertiary/aromatic N) is 1. The zero-order chi connectivity index (χ0) is 7.11. The lowest BCUT2D eigenvalue weighted by Crippen LogP contribution is -2.16. The third-order valence-corrected chi connectivity index (χ3v) is 0.992. The molecule has 0 aliphatic heterocycles. The van der Waals surface area contributed by atoms with E-state index in [1.165, 1.54) is 12.8 Å². The number of rotatable bonds is 5. The quantitative estimate of drug-likeness (QED) is 0.412. The Balaban J connectivity index is 2.75. The van der Waals surface area contributed by atoms with E-state index in [1.807, 2.05) is 19.0 Å². The van der Waals surface area contributed by atoms with Crippen LogP contribution in [-0.2, 0) is 4.74 Å². The van der Waals surface area contributed by atoms with Crippen LogP contribution in [0.5, 0.6) is 0 Å². The van der Waals surface area contributed by atoms with Gasteiger partial charge in [-0.1, -0.05) is 13.3 Å². The maximum atomic E-state index is 5.26. The molecular formula is C7H17NO. The largest absolute Gasteiger partial charge is 0.366 e. The topological polar surface area (TPSA) is 12.5 Å². The standard InChI is InChI=1S/C7H17NO/c1-4-5-6-9-7-8(2)3/h4-7H2,1-3H3. The van der Waals surface area contributed by atoms with Gasteiger partial charge in [0, 0.05) is 6.61 Å². The van der Waals surface area contributed by atoms with E-state index in [2.05, 4.69) is 6.92 Å². The van der Waals surface area contributed by atoms with Crippen LogP contribution in [0, 0.1) is 0 Å². The van der Waals surface area contributed by atoms with Gasteiger partial charge in [-0.25, -0.2) is 0 Å². The molecule has 0 rings (SSSR count). The van der Waals surface area contributed by atoms with Crippen molar-refractivity contribution < 1.29 is 4.74 Å². The van der Waals surface area contributed by atoms with E-state index in [1.54, 1.807) is 0 Å². The van der Waals surface area contributed by atoms with Crippen LogP contribution in [0.4, 0.5) is 0 Å². The smallest absolute Gasteiger partial charge is 0.0985 e. The van der Waals surface area contributed by atoms with Gasteiger partial charge < -0.3 is 4.74 Å². The molecule has 0 aliphatic carbocycles. The summed E-state index contributed by atoms with van der Waals surface area (Å²) < 4.78 is 5.26. The minimum absolute atomic E-state index is 0.750. The molecule has 0 amide bonds. The molecule has 0 aromatic rings. The van der Waals surface area contributed by atoms with Crippen molar-refractivity contribution in [3.05, 3.63) is 0 Å². The summed E-state index contributed by atoms with van der Waals surface area (Å²) in [5.41, 5.74) is 0. The van der Waals surface area contributed by atoms with E-state index < -0.39 is 0 Å². The normalized spacial score (nSPS) is 10.7. The minimum atomic E-state index is 0.750. The summed E-state index contributed by atoms with van der Waals surface area (Å²) in [5.74, 6) is 0. The van der Waals surface area contributed by atoms with Gasteiger partial charge in [0.15, 0.2) is 0 Å². The summed E-state index contributed by atoms with van der Waals surface area (Å²) in [7, 11) is 4.01. The molecule has 0 N–H and O–H groups in total. The third kappa shape index (κ3) is 7.92. The van der Waals surface area contributed by atoms with Crippen molar-refractivity contribution in [3.63, 3.8) is 0 Å². The first-order valence-corrected chi connectivity index (χ1v) is 3.50. The van der Waals surface area contributed by atoms with Gasteiger partial charge in [-0.2, -0.15) is 0 Å². The Morgan fingerprint density at radius 3 is 2.44 bits per heavy atom. The first kappa shape index (κ1) is 8.92. The Bertz CT molecular complexity index is 54.9. The second-order valence-electron chi connectivity index (χ2n) is 2.47. The van der Waals surface area contributed by atoms with Gasteiger partial charge in [-0.3, -0.25) is 4.90 Å². The van der Waals surface area contributed by atoms with Crippen molar-refractivity contribution in [2.24, 2.45) is 0 Å². The van der Waals surface area contributed by atoms with Crippen molar-refractivity contribution in [1.29, 1.82) is 0 Å². The number of ether oxygens (including phenoxy) is 1. The van der Waals surface area contributed by atoms with Gasteiger partial charge >= 0.3 is 0 Å². The maximum Gasteiger partial charge on any atom is 0.0985 e. The monoisotopic (exact) mass is 131 g/mol. The summed E-state index contributed by atoms with van der Waals surface area (Å²) in [5, 5.41) is 0. The van der Waals surface area contributed by atoms with Crippen molar-refractivity contribution in [2.45, 2.75) is 19.8 Å². The highest BCUT2D eigenvalue weighted by molar-refractivity contribution is 4.31. The molecule has 0 bridgehead atoms. The van der Waals surface area contributed by atoms with E-state index in [-0.39, 0.29) is 0 Å². The first-order valence-electron chi connectivity index (χ1n) is 3.50. The van der Waals surface area contributed by atoms with Gasteiger partial charge in [0.1, 0.15) is 0 Å². The minimum Gasteiger partial charge on any atom is -0.366 e. The maximum absolute atomic E-state index is 5.26. The Labute approximate surface area is 57.8 Å². The zero-order valence-corrected chi connectivity index (χ0v) is 6.68. The number of hydrogen-bond donors (Lipinski definition) is 0. The average Bonchev–Trinajstić information content (AvgIpc) is 1.80. The van der Waals surface area contributed by atoms with Crippen molar-refractivity contribution in [1.82, 2.24) is 4.90 Å². The van der Waals surface area contributed by atoms with Crippen molar-refractivity contribution in [2.75, 3.05) is 27.4 Å². The summed E-state index contributed by atoms with van der Waals surface area (Å²) in [4.78, 5) is 2.02. The lowest BCUT2D eigenvalue weighted by atomic mass is 10.4. The highest BCUT2D eigenvalue weighted by Gasteiger charge is 1.87. The second kappa shape index (κ2) is 6.05. The summed E-state index contributed by atoms with van der Waals surface area (Å²) in [6, 6.07) is 0. The molecule has 0 saturated heterocycles. The molecule has 0 saturated carbocycles. The molecule has 0 atom stereocenters. The van der Waals surface area contributed by atoms with Crippen LogP contribution in [0.15, 0.2) is 0 Å². The third-order valence-electron chi connectivity index (χ3n) is 0.992. The van der Waals surface area contributed by atoms with Gasteiger partial charge in [0.25, 0.3) is 0 Å². The van der Waals surface area contributed by atoms with Crippen LogP contribution in [0.1, 0.15) is 19.8 Å². The van der Waals surface area contributed by atoms with Crippen molar-refractivity contribution >= 4 is 0 Å². The van der Waals surface area contributed by atoms with Gasteiger partial charge in [0.05, 0.1) is 6.73 Å². The Kier molecular flexibility index (Phi) is 5.99. The number of unbranched alkanes of at least 4 members (excludes halogenated alkanes) is 1. The Hall–Kier alpha value is -0.0800. The fourth-order valence-corrected chi connectivity index (χ4v) is 0.494. The van der Waals surface area contributed by atoms with Crippen LogP contribution >= 0.6 is 0 Å². The first-order chi connectivity index (χ1) is 4.27. The summed E-state index contributed by atoms with van der Waals surface area (Å²) in [6.45, 7) is 3.81. The molecule has 0 heterocycles. The Morgan fingerprint density at radius 1 is 1.33 bits per heavy atom. The summed E-state index contributed by atoms with van der Waals surface area (Å²) in [6.07, 6.45) is 2.39. The molecular weight excluding hydrogens is 114 g/mol. The fraction of sp³-hybridized carbons (Fsp3) is 1.00. The highest BCUT2D eigenvalue weighted by atomic mass is 16.5. The van der Waals surface area contributed by atoms with Crippen LogP contribution in [-0.4, -0.2) is 32.3 Å². The molecule has 0 unspecified atom stereocenters. The molecule has 0 aromatic carbocycles. The van der Waals surface area contributed by atoms with Crippen LogP contribution < -0.4 is 0 Å². The molecule has 0 spiro atoms. The number of hydrogen-bond acceptors (Lipinski definition) is 2. The molecule has 9 heavy (non-hydrogen) atoms. The second-order valence-corrected chi connectivity index (χ2v) is 2.47. The molecule has 0 aliphatic rings. The molecule has 2 nitrogen and oxygen atoms in total. The predicted octanol–water partition coefficient (Wildman–Crippen LogP) is 1.32. The van der Waals surface area contributed by atoms with Gasteiger partial charge in [0.2, 0.25) is 0 Å². The van der Waals surface area contributed by atoms with Crippen LogP contribution in [0.25, 0.3) is 0 Å². The molecule has 2 heteroatoms. The van der Waals surface area contributed by atoms with Crippen LogP contribution in [0.2, 0.25) is 0 Å². The van der Waals surface area contributed by atoms with E-state index in [9.17, 15) is 0 Å². The molecule has 0 radical (unpaired) electrons. The molecule has 56 valence electrons. The SMILES string of the molecule is CCCCOCN(C)C. The van der Waals surface area contributed by atoms with Crippen LogP contribution in [0.3, 0.4) is 0 Å². The van der Waals surface area contributed by atoms with E-state index >= 15 is 0 Å². The van der Waals surface area contributed by atoms with Gasteiger partial charge in [-0.05, 0) is 20.5 Å². The highest BCUT2D eigenvalue weighted by Crippen LogP contribution is 1.87. The average molecular weight is 131 g/mol.